The van der Waals surface area contributed by atoms with Crippen LogP contribution in [0.1, 0.15) is 17.9 Å². The van der Waals surface area contributed by atoms with Crippen LogP contribution < -0.4 is 0 Å². The molecule has 1 saturated carbocycles. The minimum atomic E-state index is -1.03. The number of benzene rings is 1. The molecule has 0 spiro atoms. The number of aliphatic carboxylic acids is 1. The van der Waals surface area contributed by atoms with Gasteiger partial charge in [0.2, 0.25) is 5.91 Å². The summed E-state index contributed by atoms with van der Waals surface area (Å²) in [5, 5.41) is 10.3. The Balaban J connectivity index is 1.73. The summed E-state index contributed by atoms with van der Waals surface area (Å²) in [6, 6.07) is 4.36. The smallest absolute Gasteiger partial charge is 0.328 e. The lowest BCUT2D eigenvalue weighted by Gasteiger charge is -2.33. The summed E-state index contributed by atoms with van der Waals surface area (Å²) >= 11 is 12.0. The standard InChI is InChI=1S/C15H15Cl2NO4/c16-9-3-8(4-10(17)5-9)11-6-12(11)14(19)18-1-2-22-7-13(18)15(20)21/h3-5,11-13H,1-2,6-7H2,(H,20,21)/t11-,12+,13-/m0/s1. The molecule has 118 valence electrons. The van der Waals surface area contributed by atoms with Crippen molar-refractivity contribution in [3.63, 3.8) is 0 Å². The van der Waals surface area contributed by atoms with Crippen LogP contribution in [0.5, 0.6) is 0 Å². The van der Waals surface area contributed by atoms with Gasteiger partial charge in [-0.2, -0.15) is 0 Å². The van der Waals surface area contributed by atoms with Gasteiger partial charge in [-0.25, -0.2) is 4.79 Å². The molecule has 1 aliphatic heterocycles. The van der Waals surface area contributed by atoms with E-state index in [2.05, 4.69) is 0 Å². The number of carbonyl (C=O) groups excluding carboxylic acids is 1. The SMILES string of the molecule is O=C(O)[C@@H]1COCCN1C(=O)[C@@H]1C[C@H]1c1cc(Cl)cc(Cl)c1. The Bertz CT molecular complexity index is 601. The highest BCUT2D eigenvalue weighted by atomic mass is 35.5. The summed E-state index contributed by atoms with van der Waals surface area (Å²) in [4.78, 5) is 25.2. The van der Waals surface area contributed by atoms with E-state index in [-0.39, 0.29) is 24.3 Å². The Morgan fingerprint density at radius 3 is 2.55 bits per heavy atom. The molecule has 0 aromatic heterocycles. The first kappa shape index (κ1) is 15.6. The van der Waals surface area contributed by atoms with Crippen molar-refractivity contribution in [1.29, 1.82) is 0 Å². The third kappa shape index (κ3) is 3.07. The zero-order chi connectivity index (χ0) is 15.9. The summed E-state index contributed by atoms with van der Waals surface area (Å²) in [5.74, 6) is -1.30. The fourth-order valence-electron chi connectivity index (χ4n) is 2.91. The minimum Gasteiger partial charge on any atom is -0.480 e. The number of rotatable bonds is 3. The van der Waals surface area contributed by atoms with E-state index >= 15 is 0 Å². The molecule has 0 radical (unpaired) electrons. The Kier molecular flexibility index (Phi) is 4.30. The van der Waals surface area contributed by atoms with Crippen molar-refractivity contribution in [2.24, 2.45) is 5.92 Å². The van der Waals surface area contributed by atoms with Crippen LogP contribution >= 0.6 is 23.2 Å². The fraction of sp³-hybridized carbons (Fsp3) is 0.467. The zero-order valence-electron chi connectivity index (χ0n) is 11.7. The summed E-state index contributed by atoms with van der Waals surface area (Å²) in [6.45, 7) is 0.729. The second-order valence-electron chi connectivity index (χ2n) is 5.61. The molecule has 3 rings (SSSR count). The summed E-state index contributed by atoms with van der Waals surface area (Å²) < 4.78 is 5.16. The highest BCUT2D eigenvalue weighted by Gasteiger charge is 2.48. The number of hydrogen-bond acceptors (Lipinski definition) is 3. The number of ether oxygens (including phenoxy) is 1. The molecule has 7 heteroatoms. The van der Waals surface area contributed by atoms with Gasteiger partial charge < -0.3 is 14.7 Å². The predicted octanol–water partition coefficient (Wildman–Crippen LogP) is 2.41. The van der Waals surface area contributed by atoms with Gasteiger partial charge in [-0.3, -0.25) is 4.79 Å². The largest absolute Gasteiger partial charge is 0.480 e. The second-order valence-corrected chi connectivity index (χ2v) is 6.48. The van der Waals surface area contributed by atoms with E-state index in [1.807, 2.05) is 0 Å². The Hall–Kier alpha value is -1.30. The van der Waals surface area contributed by atoms with Gasteiger partial charge in [-0.1, -0.05) is 23.2 Å². The molecule has 1 amide bonds. The molecule has 5 nitrogen and oxygen atoms in total. The Morgan fingerprint density at radius 1 is 1.23 bits per heavy atom. The molecule has 1 saturated heterocycles. The lowest BCUT2D eigenvalue weighted by molar-refractivity contribution is -0.158. The van der Waals surface area contributed by atoms with Crippen LogP contribution in [0.4, 0.5) is 0 Å². The van der Waals surface area contributed by atoms with Crippen LogP contribution in [0, 0.1) is 5.92 Å². The molecule has 1 N–H and O–H groups in total. The van der Waals surface area contributed by atoms with Gasteiger partial charge in [-0.15, -0.1) is 0 Å². The first-order valence-electron chi connectivity index (χ1n) is 7.04. The molecular weight excluding hydrogens is 329 g/mol. The quantitative estimate of drug-likeness (QED) is 0.915. The summed E-state index contributed by atoms with van der Waals surface area (Å²) in [6.07, 6.45) is 0.694. The molecule has 1 aromatic rings. The fourth-order valence-corrected chi connectivity index (χ4v) is 3.45. The third-order valence-electron chi connectivity index (χ3n) is 4.12. The van der Waals surface area contributed by atoms with Gasteiger partial charge in [0.25, 0.3) is 0 Å². The lowest BCUT2D eigenvalue weighted by atomic mass is 10.1. The van der Waals surface area contributed by atoms with Crippen molar-refractivity contribution in [2.45, 2.75) is 18.4 Å². The molecular formula is C15H15Cl2NO4. The maximum Gasteiger partial charge on any atom is 0.328 e. The lowest BCUT2D eigenvalue weighted by Crippen LogP contribution is -2.53. The van der Waals surface area contributed by atoms with E-state index in [1.165, 1.54) is 4.90 Å². The van der Waals surface area contributed by atoms with Crippen LogP contribution in [-0.2, 0) is 14.3 Å². The number of carbonyl (C=O) groups is 2. The highest BCUT2D eigenvalue weighted by molar-refractivity contribution is 6.34. The average molecular weight is 344 g/mol. The van der Waals surface area contributed by atoms with Crippen LogP contribution in [0.3, 0.4) is 0 Å². The second kappa shape index (κ2) is 6.07. The summed E-state index contributed by atoms with van der Waals surface area (Å²) in [7, 11) is 0. The molecule has 1 aromatic carbocycles. The molecule has 0 bridgehead atoms. The number of hydrogen-bond donors (Lipinski definition) is 1. The molecule has 3 atom stereocenters. The number of nitrogens with zero attached hydrogens (tertiary/aromatic N) is 1. The number of carboxylic acid groups (broad SMARTS) is 1. The summed E-state index contributed by atoms with van der Waals surface area (Å²) in [5.41, 5.74) is 0.927. The molecule has 1 aliphatic carbocycles. The number of carboxylic acids is 1. The third-order valence-corrected chi connectivity index (χ3v) is 4.55. The average Bonchev–Trinajstić information content (AvgIpc) is 3.26. The normalized spacial score (nSPS) is 27.5. The maximum absolute atomic E-state index is 12.6. The van der Waals surface area contributed by atoms with Crippen molar-refractivity contribution >= 4 is 35.1 Å². The maximum atomic E-state index is 12.6. The topological polar surface area (TPSA) is 66.8 Å². The van der Waals surface area contributed by atoms with Crippen LogP contribution in [0.15, 0.2) is 18.2 Å². The zero-order valence-corrected chi connectivity index (χ0v) is 13.2. The van der Waals surface area contributed by atoms with Crippen molar-refractivity contribution in [2.75, 3.05) is 19.8 Å². The van der Waals surface area contributed by atoms with E-state index in [0.717, 1.165) is 5.56 Å². The Labute approximate surface area is 137 Å². The van der Waals surface area contributed by atoms with Crippen LogP contribution in [0.2, 0.25) is 10.0 Å². The van der Waals surface area contributed by atoms with Crippen molar-refractivity contribution in [1.82, 2.24) is 4.90 Å². The molecule has 2 fully saturated rings. The number of morpholine rings is 1. The van der Waals surface area contributed by atoms with Gasteiger partial charge in [0.1, 0.15) is 0 Å². The first-order valence-corrected chi connectivity index (χ1v) is 7.80. The van der Waals surface area contributed by atoms with Crippen molar-refractivity contribution in [3.05, 3.63) is 33.8 Å². The van der Waals surface area contributed by atoms with Crippen LogP contribution in [0.25, 0.3) is 0 Å². The van der Waals surface area contributed by atoms with E-state index < -0.39 is 12.0 Å². The van der Waals surface area contributed by atoms with Crippen molar-refractivity contribution < 1.29 is 19.4 Å². The van der Waals surface area contributed by atoms with E-state index in [1.54, 1.807) is 18.2 Å². The first-order chi connectivity index (χ1) is 10.5. The molecule has 2 aliphatic rings. The van der Waals surface area contributed by atoms with Gasteiger partial charge in [0.05, 0.1) is 13.2 Å². The number of amides is 1. The van der Waals surface area contributed by atoms with Gasteiger partial charge >= 0.3 is 5.97 Å². The molecule has 1 heterocycles. The van der Waals surface area contributed by atoms with Crippen LogP contribution in [-0.4, -0.2) is 47.7 Å². The van der Waals surface area contributed by atoms with E-state index in [4.69, 9.17) is 27.9 Å². The van der Waals surface area contributed by atoms with Gasteiger partial charge in [0, 0.05) is 22.5 Å². The highest BCUT2D eigenvalue weighted by Crippen LogP contribution is 2.49. The number of halogens is 2. The monoisotopic (exact) mass is 343 g/mol. The van der Waals surface area contributed by atoms with Gasteiger partial charge in [0.15, 0.2) is 6.04 Å². The molecule has 0 unspecified atom stereocenters. The minimum absolute atomic E-state index is 0.0431. The Morgan fingerprint density at radius 2 is 1.91 bits per heavy atom. The van der Waals surface area contributed by atoms with Gasteiger partial charge in [-0.05, 0) is 36.1 Å². The van der Waals surface area contributed by atoms with E-state index in [0.29, 0.717) is 29.6 Å². The predicted molar refractivity (Wildman–Crippen MR) is 81.3 cm³/mol. The van der Waals surface area contributed by atoms with E-state index in [9.17, 15) is 14.7 Å². The molecule has 22 heavy (non-hydrogen) atoms. The van der Waals surface area contributed by atoms with Crippen molar-refractivity contribution in [3.8, 4) is 0 Å².